The number of nitrogens with zero attached hydrogens (tertiary/aromatic N) is 2. The van der Waals surface area contributed by atoms with E-state index < -0.39 is 18.0 Å². The molecule has 1 aliphatic heterocycles. The fourth-order valence-electron chi connectivity index (χ4n) is 2.44. The molecule has 1 aliphatic rings. The van der Waals surface area contributed by atoms with Gasteiger partial charge in [0.15, 0.2) is 6.10 Å². The van der Waals surface area contributed by atoms with Crippen LogP contribution < -0.4 is 4.90 Å². The standard InChI is InChI=1S/C17H22N2O5S/c1-11(20)24-14-10-25-15-6-5-12(17(22)23-4)9-13(15)19(16(14)21)8-7-18(2)3/h5-6,9,14H,7-8,10H2,1-4H3/t14-/m1/s1. The molecule has 136 valence electrons. The summed E-state index contributed by atoms with van der Waals surface area (Å²) in [6, 6.07) is 5.11. The number of anilines is 1. The van der Waals surface area contributed by atoms with Crippen molar-refractivity contribution in [2.24, 2.45) is 0 Å². The summed E-state index contributed by atoms with van der Waals surface area (Å²) in [6.07, 6.45) is -0.848. The van der Waals surface area contributed by atoms with Gasteiger partial charge in [0.25, 0.3) is 5.91 Å². The van der Waals surface area contributed by atoms with Crippen LogP contribution in [-0.2, 0) is 19.1 Å². The third kappa shape index (κ3) is 4.73. The average molecular weight is 366 g/mol. The van der Waals surface area contributed by atoms with Crippen molar-refractivity contribution in [2.45, 2.75) is 17.9 Å². The normalized spacial score (nSPS) is 17.1. The molecule has 8 heteroatoms. The lowest BCUT2D eigenvalue weighted by Crippen LogP contribution is -2.44. The summed E-state index contributed by atoms with van der Waals surface area (Å²) in [5, 5.41) is 0. The van der Waals surface area contributed by atoms with Gasteiger partial charge in [0, 0.05) is 30.7 Å². The first kappa shape index (κ1) is 19.3. The maximum absolute atomic E-state index is 12.9. The van der Waals surface area contributed by atoms with Gasteiger partial charge in [-0.05, 0) is 32.3 Å². The molecular weight excluding hydrogens is 344 g/mol. The summed E-state index contributed by atoms with van der Waals surface area (Å²) in [5.41, 5.74) is 1.00. The second-order valence-electron chi connectivity index (χ2n) is 5.88. The van der Waals surface area contributed by atoms with Crippen LogP contribution in [0.3, 0.4) is 0 Å². The minimum Gasteiger partial charge on any atom is -0.465 e. The molecule has 0 unspecified atom stereocenters. The Morgan fingerprint density at radius 1 is 1.36 bits per heavy atom. The van der Waals surface area contributed by atoms with Gasteiger partial charge in [-0.1, -0.05) is 0 Å². The Bertz CT molecular complexity index is 677. The van der Waals surface area contributed by atoms with Gasteiger partial charge in [0.05, 0.1) is 18.4 Å². The van der Waals surface area contributed by atoms with Crippen molar-refractivity contribution >= 4 is 35.3 Å². The molecular formula is C17H22N2O5S. The lowest BCUT2D eigenvalue weighted by atomic mass is 10.1. The number of rotatable bonds is 5. The van der Waals surface area contributed by atoms with E-state index in [0.29, 0.717) is 30.1 Å². The molecule has 2 rings (SSSR count). The van der Waals surface area contributed by atoms with Gasteiger partial charge in [-0.2, -0.15) is 0 Å². The second-order valence-corrected chi connectivity index (χ2v) is 6.94. The summed E-state index contributed by atoms with van der Waals surface area (Å²) < 4.78 is 9.96. The van der Waals surface area contributed by atoms with Crippen LogP contribution in [0.15, 0.2) is 23.1 Å². The highest BCUT2D eigenvalue weighted by molar-refractivity contribution is 7.99. The summed E-state index contributed by atoms with van der Waals surface area (Å²) in [6.45, 7) is 2.34. The zero-order valence-electron chi connectivity index (χ0n) is 14.8. The largest absolute Gasteiger partial charge is 0.465 e. The van der Waals surface area contributed by atoms with Crippen molar-refractivity contribution in [3.8, 4) is 0 Å². The number of thioether (sulfide) groups is 1. The molecule has 0 bridgehead atoms. The molecule has 0 N–H and O–H groups in total. The van der Waals surface area contributed by atoms with E-state index in [2.05, 4.69) is 0 Å². The first-order valence-corrected chi connectivity index (χ1v) is 8.80. The quantitative estimate of drug-likeness (QED) is 0.729. The van der Waals surface area contributed by atoms with Crippen LogP contribution in [0.2, 0.25) is 0 Å². The smallest absolute Gasteiger partial charge is 0.337 e. The van der Waals surface area contributed by atoms with E-state index in [1.54, 1.807) is 23.1 Å². The molecule has 0 aromatic heterocycles. The molecule has 0 saturated carbocycles. The number of benzene rings is 1. The Labute approximate surface area is 151 Å². The maximum Gasteiger partial charge on any atom is 0.337 e. The molecule has 1 aromatic carbocycles. The van der Waals surface area contributed by atoms with Gasteiger partial charge < -0.3 is 19.3 Å². The lowest BCUT2D eigenvalue weighted by molar-refractivity contribution is -0.151. The maximum atomic E-state index is 12.9. The summed E-state index contributed by atoms with van der Waals surface area (Å²) in [4.78, 5) is 40.5. The first-order chi connectivity index (χ1) is 11.8. The van der Waals surface area contributed by atoms with Crippen molar-refractivity contribution in [3.63, 3.8) is 0 Å². The van der Waals surface area contributed by atoms with E-state index in [1.165, 1.54) is 25.8 Å². The molecule has 1 amide bonds. The zero-order valence-corrected chi connectivity index (χ0v) is 15.6. The summed E-state index contributed by atoms with van der Waals surface area (Å²) >= 11 is 1.42. The van der Waals surface area contributed by atoms with E-state index in [0.717, 1.165) is 4.90 Å². The van der Waals surface area contributed by atoms with Crippen LogP contribution in [0, 0.1) is 0 Å². The first-order valence-electron chi connectivity index (χ1n) is 7.82. The molecule has 7 nitrogen and oxygen atoms in total. The van der Waals surface area contributed by atoms with Crippen LogP contribution in [-0.4, -0.2) is 68.9 Å². The monoisotopic (exact) mass is 366 g/mol. The predicted octanol–water partition coefficient (Wildman–Crippen LogP) is 1.41. The molecule has 25 heavy (non-hydrogen) atoms. The number of methoxy groups -OCH3 is 1. The highest BCUT2D eigenvalue weighted by atomic mass is 32.2. The number of hydrogen-bond donors (Lipinski definition) is 0. The van der Waals surface area contributed by atoms with E-state index in [4.69, 9.17) is 9.47 Å². The van der Waals surface area contributed by atoms with Gasteiger partial charge >= 0.3 is 11.9 Å². The number of esters is 2. The van der Waals surface area contributed by atoms with Crippen molar-refractivity contribution in [3.05, 3.63) is 23.8 Å². The molecule has 0 aliphatic carbocycles. The van der Waals surface area contributed by atoms with Crippen molar-refractivity contribution in [1.82, 2.24) is 4.90 Å². The number of hydrogen-bond acceptors (Lipinski definition) is 7. The van der Waals surface area contributed by atoms with Crippen molar-refractivity contribution in [1.29, 1.82) is 0 Å². The number of carbonyl (C=O) groups is 3. The Balaban J connectivity index is 2.42. The Morgan fingerprint density at radius 3 is 2.68 bits per heavy atom. The number of likely N-dealkylation sites (N-methyl/N-ethyl adjacent to an activating group) is 1. The van der Waals surface area contributed by atoms with Gasteiger partial charge in [-0.3, -0.25) is 9.59 Å². The van der Waals surface area contributed by atoms with E-state index >= 15 is 0 Å². The number of carbonyl (C=O) groups excluding carboxylic acids is 3. The molecule has 0 saturated heterocycles. The van der Waals surface area contributed by atoms with Crippen LogP contribution in [0.4, 0.5) is 5.69 Å². The minimum atomic E-state index is -0.848. The Kier molecular flexibility index (Phi) is 6.44. The average Bonchev–Trinajstić information content (AvgIpc) is 2.69. The topological polar surface area (TPSA) is 76.2 Å². The minimum absolute atomic E-state index is 0.287. The highest BCUT2D eigenvalue weighted by Gasteiger charge is 2.33. The third-order valence-electron chi connectivity index (χ3n) is 3.68. The molecule has 0 spiro atoms. The van der Waals surface area contributed by atoms with Gasteiger partial charge in [-0.15, -0.1) is 11.8 Å². The fourth-order valence-corrected chi connectivity index (χ4v) is 3.46. The van der Waals surface area contributed by atoms with Crippen LogP contribution >= 0.6 is 11.8 Å². The Hall–Kier alpha value is -2.06. The molecule has 1 aromatic rings. The SMILES string of the molecule is COC(=O)c1ccc2c(c1)N(CCN(C)C)C(=O)[C@H](OC(C)=O)CS2. The second kappa shape index (κ2) is 8.35. The van der Waals surface area contributed by atoms with Crippen LogP contribution in [0.5, 0.6) is 0 Å². The van der Waals surface area contributed by atoms with Crippen LogP contribution in [0.1, 0.15) is 17.3 Å². The van der Waals surface area contributed by atoms with Gasteiger partial charge in [0.2, 0.25) is 0 Å². The predicted molar refractivity (Wildman–Crippen MR) is 95.0 cm³/mol. The number of fused-ring (bicyclic) bond motifs is 1. The van der Waals surface area contributed by atoms with Gasteiger partial charge in [-0.25, -0.2) is 4.79 Å². The van der Waals surface area contributed by atoms with Crippen molar-refractivity contribution < 1.29 is 23.9 Å². The van der Waals surface area contributed by atoms with Crippen LogP contribution in [0.25, 0.3) is 0 Å². The molecule has 0 fully saturated rings. The van der Waals surface area contributed by atoms with E-state index in [1.807, 2.05) is 19.0 Å². The summed E-state index contributed by atoms with van der Waals surface area (Å²) in [5.74, 6) is -0.909. The zero-order chi connectivity index (χ0) is 18.6. The van der Waals surface area contributed by atoms with Gasteiger partial charge in [0.1, 0.15) is 0 Å². The summed E-state index contributed by atoms with van der Waals surface area (Å²) in [7, 11) is 5.13. The number of amides is 1. The molecule has 1 atom stereocenters. The molecule has 0 radical (unpaired) electrons. The van der Waals surface area contributed by atoms with E-state index in [9.17, 15) is 14.4 Å². The molecule has 1 heterocycles. The van der Waals surface area contributed by atoms with Crippen molar-refractivity contribution in [2.75, 3.05) is 44.9 Å². The highest BCUT2D eigenvalue weighted by Crippen LogP contribution is 2.36. The Morgan fingerprint density at radius 2 is 2.08 bits per heavy atom. The fraction of sp³-hybridized carbons (Fsp3) is 0.471. The number of ether oxygens (including phenoxy) is 2. The third-order valence-corrected chi connectivity index (χ3v) is 4.81. The lowest BCUT2D eigenvalue weighted by Gasteiger charge is -2.26. The van der Waals surface area contributed by atoms with E-state index in [-0.39, 0.29) is 5.91 Å².